The van der Waals surface area contributed by atoms with Gasteiger partial charge in [0.1, 0.15) is 5.75 Å². The van der Waals surface area contributed by atoms with Crippen molar-refractivity contribution in [3.8, 4) is 5.75 Å². The standard InChI is InChI=1S/C24H20ClNO4/c1-30-19-9-5-8-17(12-19)22(27)14-24(29)20-13-18(25)10-11-21(20)26(23(24)28)15-16-6-3-2-4-7-16/h2-13,29H,14-15H2,1H3. The number of aliphatic hydroxyl groups is 1. The van der Waals surface area contributed by atoms with E-state index in [0.717, 1.165) is 5.56 Å². The lowest BCUT2D eigenvalue weighted by Crippen LogP contribution is -2.41. The largest absolute Gasteiger partial charge is 0.497 e. The summed E-state index contributed by atoms with van der Waals surface area (Å²) in [7, 11) is 1.51. The number of anilines is 1. The van der Waals surface area contributed by atoms with Crippen LogP contribution in [-0.2, 0) is 16.9 Å². The third kappa shape index (κ3) is 3.58. The van der Waals surface area contributed by atoms with E-state index in [4.69, 9.17) is 16.3 Å². The van der Waals surface area contributed by atoms with Gasteiger partial charge in [0.2, 0.25) is 0 Å². The van der Waals surface area contributed by atoms with E-state index in [0.29, 0.717) is 27.6 Å². The number of benzene rings is 3. The molecule has 4 rings (SSSR count). The van der Waals surface area contributed by atoms with Crippen molar-refractivity contribution in [2.75, 3.05) is 12.0 Å². The SMILES string of the molecule is COc1cccc(C(=O)CC2(O)C(=O)N(Cc3ccccc3)c3ccc(Cl)cc32)c1. The van der Waals surface area contributed by atoms with Crippen LogP contribution in [-0.4, -0.2) is 23.9 Å². The molecule has 30 heavy (non-hydrogen) atoms. The lowest BCUT2D eigenvalue weighted by atomic mass is 9.88. The smallest absolute Gasteiger partial charge is 0.264 e. The summed E-state index contributed by atoms with van der Waals surface area (Å²) in [6.07, 6.45) is -0.391. The van der Waals surface area contributed by atoms with Crippen LogP contribution in [0.4, 0.5) is 5.69 Å². The lowest BCUT2D eigenvalue weighted by molar-refractivity contribution is -0.136. The van der Waals surface area contributed by atoms with Crippen LogP contribution in [0.5, 0.6) is 5.75 Å². The average Bonchev–Trinajstić information content (AvgIpc) is 2.96. The maximum Gasteiger partial charge on any atom is 0.264 e. The van der Waals surface area contributed by atoms with Crippen molar-refractivity contribution < 1.29 is 19.4 Å². The van der Waals surface area contributed by atoms with Crippen molar-refractivity contribution in [2.24, 2.45) is 0 Å². The molecule has 1 heterocycles. The number of hydrogen-bond acceptors (Lipinski definition) is 4. The number of nitrogens with zero attached hydrogens (tertiary/aromatic N) is 1. The van der Waals surface area contributed by atoms with Crippen LogP contribution < -0.4 is 9.64 Å². The van der Waals surface area contributed by atoms with E-state index in [1.54, 1.807) is 42.5 Å². The molecule has 0 radical (unpaired) electrons. The van der Waals surface area contributed by atoms with Crippen molar-refractivity contribution in [2.45, 2.75) is 18.6 Å². The van der Waals surface area contributed by atoms with Gasteiger partial charge < -0.3 is 14.7 Å². The van der Waals surface area contributed by atoms with Crippen molar-refractivity contribution in [1.82, 2.24) is 0 Å². The number of carbonyl (C=O) groups is 2. The van der Waals surface area contributed by atoms with E-state index < -0.39 is 17.9 Å². The number of rotatable bonds is 6. The zero-order valence-corrected chi connectivity index (χ0v) is 17.1. The molecule has 5 nitrogen and oxygen atoms in total. The highest BCUT2D eigenvalue weighted by Gasteiger charge is 2.51. The van der Waals surface area contributed by atoms with Crippen molar-refractivity contribution in [1.29, 1.82) is 0 Å². The maximum absolute atomic E-state index is 13.3. The first kappa shape index (κ1) is 20.1. The second kappa shape index (κ2) is 7.94. The van der Waals surface area contributed by atoms with Gasteiger partial charge in [-0.25, -0.2) is 0 Å². The van der Waals surface area contributed by atoms with Crippen molar-refractivity contribution in [3.05, 3.63) is 94.5 Å². The molecule has 0 saturated carbocycles. The fourth-order valence-corrected chi connectivity index (χ4v) is 3.92. The molecule has 0 fully saturated rings. The molecule has 0 bridgehead atoms. The molecule has 1 N–H and O–H groups in total. The third-order valence-corrected chi connectivity index (χ3v) is 5.52. The number of Topliss-reactive ketones (excluding diaryl/α,β-unsaturated/α-hetero) is 1. The van der Waals surface area contributed by atoms with E-state index in [9.17, 15) is 14.7 Å². The highest BCUT2D eigenvalue weighted by Crippen LogP contribution is 2.44. The van der Waals surface area contributed by atoms with E-state index in [1.165, 1.54) is 12.0 Å². The predicted octanol–water partition coefficient (Wildman–Crippen LogP) is 4.36. The monoisotopic (exact) mass is 421 g/mol. The van der Waals surface area contributed by atoms with E-state index in [1.807, 2.05) is 30.3 Å². The molecule has 1 amide bonds. The molecule has 6 heteroatoms. The summed E-state index contributed by atoms with van der Waals surface area (Å²) in [5.41, 5.74) is 0.173. The number of ketones is 1. The van der Waals surface area contributed by atoms with Gasteiger partial charge >= 0.3 is 0 Å². The normalized spacial score (nSPS) is 17.7. The summed E-state index contributed by atoms with van der Waals surface area (Å²) in [5, 5.41) is 11.8. The molecule has 1 unspecified atom stereocenters. The van der Waals surface area contributed by atoms with Gasteiger partial charge in [0, 0.05) is 16.1 Å². The summed E-state index contributed by atoms with van der Waals surface area (Å²) < 4.78 is 5.17. The summed E-state index contributed by atoms with van der Waals surface area (Å²) in [6.45, 7) is 0.282. The maximum atomic E-state index is 13.3. The molecule has 0 aromatic heterocycles. The van der Waals surface area contributed by atoms with Gasteiger partial charge in [-0.05, 0) is 35.9 Å². The van der Waals surface area contributed by atoms with E-state index in [2.05, 4.69) is 0 Å². The Morgan fingerprint density at radius 3 is 2.57 bits per heavy atom. The third-order valence-electron chi connectivity index (χ3n) is 5.29. The zero-order chi connectivity index (χ0) is 21.3. The number of methoxy groups -OCH3 is 1. The first-order chi connectivity index (χ1) is 14.4. The molecule has 152 valence electrons. The zero-order valence-electron chi connectivity index (χ0n) is 16.3. The Morgan fingerprint density at radius 1 is 1.07 bits per heavy atom. The van der Waals surface area contributed by atoms with Crippen LogP contribution in [0.3, 0.4) is 0 Å². The fourth-order valence-electron chi connectivity index (χ4n) is 3.75. The number of fused-ring (bicyclic) bond motifs is 1. The topological polar surface area (TPSA) is 66.8 Å². The molecule has 3 aromatic carbocycles. The second-order valence-corrected chi connectivity index (χ2v) is 7.67. The first-order valence-electron chi connectivity index (χ1n) is 9.48. The predicted molar refractivity (Wildman–Crippen MR) is 115 cm³/mol. The molecule has 0 spiro atoms. The molecule has 1 aliphatic heterocycles. The molecule has 1 aliphatic rings. The van der Waals surface area contributed by atoms with Gasteiger partial charge in [-0.1, -0.05) is 54.1 Å². The number of hydrogen-bond donors (Lipinski definition) is 1. The van der Waals surface area contributed by atoms with E-state index >= 15 is 0 Å². The van der Waals surface area contributed by atoms with Gasteiger partial charge in [-0.15, -0.1) is 0 Å². The Kier molecular flexibility index (Phi) is 5.33. The first-order valence-corrected chi connectivity index (χ1v) is 9.86. The Bertz CT molecular complexity index is 1120. The molecular formula is C24H20ClNO4. The van der Waals surface area contributed by atoms with Gasteiger partial charge in [-0.2, -0.15) is 0 Å². The van der Waals surface area contributed by atoms with Crippen LogP contribution >= 0.6 is 11.6 Å². The minimum Gasteiger partial charge on any atom is -0.497 e. The number of halogens is 1. The highest BCUT2D eigenvalue weighted by molar-refractivity contribution is 6.31. The second-order valence-electron chi connectivity index (χ2n) is 7.23. The van der Waals surface area contributed by atoms with Crippen LogP contribution in [0, 0.1) is 0 Å². The minimum absolute atomic E-state index is 0.282. The molecule has 3 aromatic rings. The number of ether oxygens (including phenoxy) is 1. The molecule has 1 atom stereocenters. The van der Waals surface area contributed by atoms with Crippen LogP contribution in [0.15, 0.2) is 72.8 Å². The summed E-state index contributed by atoms with van der Waals surface area (Å²) >= 11 is 6.16. The molecular weight excluding hydrogens is 402 g/mol. The van der Waals surface area contributed by atoms with E-state index in [-0.39, 0.29) is 12.3 Å². The molecule has 0 aliphatic carbocycles. The van der Waals surface area contributed by atoms with Crippen LogP contribution in [0.2, 0.25) is 5.02 Å². The van der Waals surface area contributed by atoms with Crippen LogP contribution in [0.1, 0.15) is 27.9 Å². The number of carbonyl (C=O) groups excluding carboxylic acids is 2. The molecule has 0 saturated heterocycles. The van der Waals surface area contributed by atoms with Gasteiger partial charge in [0.15, 0.2) is 11.4 Å². The average molecular weight is 422 g/mol. The van der Waals surface area contributed by atoms with Crippen molar-refractivity contribution >= 4 is 29.0 Å². The lowest BCUT2D eigenvalue weighted by Gasteiger charge is -2.23. The van der Waals surface area contributed by atoms with Crippen molar-refractivity contribution in [3.63, 3.8) is 0 Å². The van der Waals surface area contributed by atoms with Crippen LogP contribution in [0.25, 0.3) is 0 Å². The Labute approximate surface area is 179 Å². The Hall–Kier alpha value is -3.15. The van der Waals surface area contributed by atoms with Gasteiger partial charge in [0.25, 0.3) is 5.91 Å². The highest BCUT2D eigenvalue weighted by atomic mass is 35.5. The number of amides is 1. The van der Waals surface area contributed by atoms with Gasteiger partial charge in [0.05, 0.1) is 25.8 Å². The summed E-state index contributed by atoms with van der Waals surface area (Å²) in [6, 6.07) is 21.0. The fraction of sp³-hybridized carbons (Fsp3) is 0.167. The summed E-state index contributed by atoms with van der Waals surface area (Å²) in [4.78, 5) is 27.8. The van der Waals surface area contributed by atoms with Gasteiger partial charge in [-0.3, -0.25) is 9.59 Å². The Morgan fingerprint density at radius 2 is 1.83 bits per heavy atom. The minimum atomic E-state index is -1.99. The quantitative estimate of drug-likeness (QED) is 0.601. The summed E-state index contributed by atoms with van der Waals surface area (Å²) in [5.74, 6) is -0.378. The Balaban J connectivity index is 1.70.